The van der Waals surface area contributed by atoms with Crippen LogP contribution in [0.3, 0.4) is 0 Å². The molecule has 0 fully saturated rings. The highest BCUT2D eigenvalue weighted by Gasteiger charge is 2.22. The average Bonchev–Trinajstić information content (AvgIpc) is 3.10. The monoisotopic (exact) mass is 365 g/mol. The summed E-state index contributed by atoms with van der Waals surface area (Å²) in [6.45, 7) is 3.19. The number of aromatic nitrogens is 1. The number of carbonyl (C=O) groups is 1. The average molecular weight is 365 g/mol. The van der Waals surface area contributed by atoms with Crippen LogP contribution in [0.25, 0.3) is 0 Å². The molecule has 1 N–H and O–H groups in total. The second-order valence-corrected chi connectivity index (χ2v) is 7.21. The van der Waals surface area contributed by atoms with Gasteiger partial charge in [0.1, 0.15) is 0 Å². The molecule has 6 heteroatoms. The van der Waals surface area contributed by atoms with Crippen molar-refractivity contribution in [2.45, 2.75) is 23.1 Å². The molecule has 1 amide bonds. The molecular formula is C20H19N3O2S. The van der Waals surface area contributed by atoms with Crippen LogP contribution in [-0.2, 0) is 0 Å². The van der Waals surface area contributed by atoms with Gasteiger partial charge in [0.05, 0.1) is 17.1 Å². The number of hydrogen-bond acceptors (Lipinski definition) is 5. The Morgan fingerprint density at radius 1 is 1.12 bits per heavy atom. The molecule has 1 aromatic heterocycles. The summed E-state index contributed by atoms with van der Waals surface area (Å²) >= 11 is 1.80. The van der Waals surface area contributed by atoms with Crippen LogP contribution in [0.1, 0.15) is 22.7 Å². The summed E-state index contributed by atoms with van der Waals surface area (Å²) in [7, 11) is 0. The number of nitrogens with zero attached hydrogens (tertiary/aromatic N) is 2. The molecule has 1 aliphatic heterocycles. The zero-order chi connectivity index (χ0) is 17.9. The van der Waals surface area contributed by atoms with Crippen molar-refractivity contribution in [3.05, 3.63) is 66.1 Å². The SMILES string of the molecule is Cc1cc(C(=O)NCCCN2c3ccccc3Sc3ccccc32)on1. The zero-order valence-electron chi connectivity index (χ0n) is 14.4. The molecule has 0 radical (unpaired) electrons. The zero-order valence-corrected chi connectivity index (χ0v) is 15.3. The van der Waals surface area contributed by atoms with E-state index in [9.17, 15) is 4.79 Å². The summed E-state index contributed by atoms with van der Waals surface area (Å²) in [6, 6.07) is 18.5. The van der Waals surface area contributed by atoms with Crippen molar-refractivity contribution in [3.8, 4) is 0 Å². The second-order valence-electron chi connectivity index (χ2n) is 6.13. The second kappa shape index (κ2) is 7.25. The molecule has 5 nitrogen and oxygen atoms in total. The maximum Gasteiger partial charge on any atom is 0.289 e. The Morgan fingerprint density at radius 3 is 2.38 bits per heavy atom. The lowest BCUT2D eigenvalue weighted by Crippen LogP contribution is -2.28. The number of hydrogen-bond donors (Lipinski definition) is 1. The van der Waals surface area contributed by atoms with E-state index in [0.29, 0.717) is 12.2 Å². The molecule has 0 atom stereocenters. The third-order valence-electron chi connectivity index (χ3n) is 4.23. The van der Waals surface area contributed by atoms with Crippen LogP contribution >= 0.6 is 11.8 Å². The van der Waals surface area contributed by atoms with Crippen molar-refractivity contribution in [3.63, 3.8) is 0 Å². The van der Waals surface area contributed by atoms with Crippen molar-refractivity contribution in [1.82, 2.24) is 10.5 Å². The summed E-state index contributed by atoms with van der Waals surface area (Å²) in [5.74, 6) is 0.0353. The summed E-state index contributed by atoms with van der Waals surface area (Å²) < 4.78 is 4.99. The van der Waals surface area contributed by atoms with E-state index in [1.807, 2.05) is 0 Å². The fraction of sp³-hybridized carbons (Fsp3) is 0.200. The van der Waals surface area contributed by atoms with E-state index in [1.54, 1.807) is 24.8 Å². The summed E-state index contributed by atoms with van der Waals surface area (Å²) in [5, 5.41) is 6.64. The molecule has 0 aliphatic carbocycles. The van der Waals surface area contributed by atoms with Gasteiger partial charge in [0, 0.05) is 28.9 Å². The van der Waals surface area contributed by atoms with Gasteiger partial charge < -0.3 is 14.7 Å². The highest BCUT2D eigenvalue weighted by molar-refractivity contribution is 7.99. The minimum absolute atomic E-state index is 0.222. The lowest BCUT2D eigenvalue weighted by atomic mass is 10.2. The fourth-order valence-electron chi connectivity index (χ4n) is 3.02. The Morgan fingerprint density at radius 2 is 1.77 bits per heavy atom. The first-order valence-corrected chi connectivity index (χ1v) is 9.39. The highest BCUT2D eigenvalue weighted by atomic mass is 32.2. The van der Waals surface area contributed by atoms with Gasteiger partial charge in [-0.1, -0.05) is 41.2 Å². The lowest BCUT2D eigenvalue weighted by molar-refractivity contribution is 0.0916. The number of nitrogens with one attached hydrogen (secondary N) is 1. The van der Waals surface area contributed by atoms with E-state index in [1.165, 1.54) is 21.2 Å². The number of aryl methyl sites for hydroxylation is 1. The fourth-order valence-corrected chi connectivity index (χ4v) is 4.11. The van der Waals surface area contributed by atoms with Crippen LogP contribution in [0, 0.1) is 6.92 Å². The topological polar surface area (TPSA) is 58.4 Å². The molecule has 26 heavy (non-hydrogen) atoms. The smallest absolute Gasteiger partial charge is 0.289 e. The third kappa shape index (κ3) is 3.32. The minimum Gasteiger partial charge on any atom is -0.351 e. The van der Waals surface area contributed by atoms with Gasteiger partial charge in [0.2, 0.25) is 5.76 Å². The number of fused-ring (bicyclic) bond motifs is 2. The van der Waals surface area contributed by atoms with Crippen LogP contribution in [0.5, 0.6) is 0 Å². The quantitative estimate of drug-likeness (QED) is 0.679. The Labute approximate surface area is 156 Å². The number of anilines is 2. The van der Waals surface area contributed by atoms with Crippen LogP contribution in [0.4, 0.5) is 11.4 Å². The van der Waals surface area contributed by atoms with E-state index in [4.69, 9.17) is 4.52 Å². The van der Waals surface area contributed by atoms with Crippen molar-refractivity contribution in [2.24, 2.45) is 0 Å². The Balaban J connectivity index is 1.43. The van der Waals surface area contributed by atoms with Crippen molar-refractivity contribution in [1.29, 1.82) is 0 Å². The lowest BCUT2D eigenvalue weighted by Gasteiger charge is -2.32. The van der Waals surface area contributed by atoms with Gasteiger partial charge in [-0.15, -0.1) is 0 Å². The van der Waals surface area contributed by atoms with Gasteiger partial charge in [-0.25, -0.2) is 0 Å². The highest BCUT2D eigenvalue weighted by Crippen LogP contribution is 2.47. The van der Waals surface area contributed by atoms with Crippen molar-refractivity contribution < 1.29 is 9.32 Å². The van der Waals surface area contributed by atoms with E-state index < -0.39 is 0 Å². The maximum atomic E-state index is 12.0. The van der Waals surface area contributed by atoms with E-state index >= 15 is 0 Å². The largest absolute Gasteiger partial charge is 0.351 e. The molecule has 0 saturated heterocycles. The molecule has 0 saturated carbocycles. The molecule has 0 spiro atoms. The normalized spacial score (nSPS) is 12.4. The van der Waals surface area contributed by atoms with Crippen molar-refractivity contribution >= 4 is 29.0 Å². The van der Waals surface area contributed by atoms with Crippen LogP contribution < -0.4 is 10.2 Å². The number of carbonyl (C=O) groups excluding carboxylic acids is 1. The van der Waals surface area contributed by atoms with E-state index in [0.717, 1.165) is 13.0 Å². The molecule has 3 aromatic rings. The van der Waals surface area contributed by atoms with Gasteiger partial charge in [0.25, 0.3) is 5.91 Å². The minimum atomic E-state index is -0.222. The summed E-state index contributed by atoms with van der Waals surface area (Å²) in [5.41, 5.74) is 3.14. The molecule has 4 rings (SSSR count). The first-order chi connectivity index (χ1) is 12.7. The molecule has 132 valence electrons. The third-order valence-corrected chi connectivity index (χ3v) is 5.36. The van der Waals surface area contributed by atoms with E-state index in [2.05, 4.69) is 63.9 Å². The van der Waals surface area contributed by atoms with Gasteiger partial charge in [0.15, 0.2) is 0 Å². The number of amides is 1. The summed E-state index contributed by atoms with van der Waals surface area (Å²) in [6.07, 6.45) is 0.826. The van der Waals surface area contributed by atoms with Crippen molar-refractivity contribution in [2.75, 3.05) is 18.0 Å². The Kier molecular flexibility index (Phi) is 4.67. The molecule has 0 bridgehead atoms. The van der Waals surface area contributed by atoms with Gasteiger partial charge >= 0.3 is 0 Å². The predicted molar refractivity (Wildman–Crippen MR) is 102 cm³/mol. The van der Waals surface area contributed by atoms with Crippen LogP contribution in [-0.4, -0.2) is 24.2 Å². The van der Waals surface area contributed by atoms with Gasteiger partial charge in [-0.3, -0.25) is 4.79 Å². The first kappa shape index (κ1) is 16.7. The number of benzene rings is 2. The maximum absolute atomic E-state index is 12.0. The van der Waals surface area contributed by atoms with E-state index in [-0.39, 0.29) is 11.7 Å². The van der Waals surface area contributed by atoms with Crippen LogP contribution in [0.2, 0.25) is 0 Å². The first-order valence-electron chi connectivity index (χ1n) is 8.57. The molecular weight excluding hydrogens is 346 g/mol. The van der Waals surface area contributed by atoms with Gasteiger partial charge in [-0.05, 0) is 37.6 Å². The van der Waals surface area contributed by atoms with Gasteiger partial charge in [-0.2, -0.15) is 0 Å². The predicted octanol–water partition coefficient (Wildman–Crippen LogP) is 4.41. The number of para-hydroxylation sites is 2. The summed E-state index contributed by atoms with van der Waals surface area (Å²) in [4.78, 5) is 16.9. The molecule has 1 aliphatic rings. The number of rotatable bonds is 5. The molecule has 2 aromatic carbocycles. The molecule has 2 heterocycles. The Hall–Kier alpha value is -2.73. The molecule has 0 unspecified atom stereocenters. The Bertz CT molecular complexity index is 893. The van der Waals surface area contributed by atoms with Crippen LogP contribution in [0.15, 0.2) is 68.9 Å². The standard InChI is InChI=1S/C20H19N3O2S/c1-14-13-17(25-22-14)20(24)21-11-6-12-23-15-7-2-4-9-18(15)26-19-10-5-3-8-16(19)23/h2-5,7-10,13H,6,11-12H2,1H3,(H,21,24).